The van der Waals surface area contributed by atoms with E-state index in [0.29, 0.717) is 23.9 Å². The summed E-state index contributed by atoms with van der Waals surface area (Å²) in [5, 5.41) is 9.62. The Morgan fingerprint density at radius 1 is 1.30 bits per heavy atom. The van der Waals surface area contributed by atoms with Gasteiger partial charge in [-0.1, -0.05) is 43.3 Å². The van der Waals surface area contributed by atoms with Crippen LogP contribution in [-0.4, -0.2) is 21.8 Å². The van der Waals surface area contributed by atoms with E-state index >= 15 is 0 Å². The molecule has 2 heterocycles. The van der Waals surface area contributed by atoms with Crippen molar-refractivity contribution in [1.29, 1.82) is 0 Å². The average Bonchev–Trinajstić information content (AvgIpc) is 3.28. The number of nitrogens with zero attached hydrogens (tertiary/aromatic N) is 2. The van der Waals surface area contributed by atoms with Crippen LogP contribution in [0.2, 0.25) is 0 Å². The molecule has 0 saturated carbocycles. The molecule has 0 aliphatic rings. The Morgan fingerprint density at radius 3 is 2.74 bits per heavy atom. The second kappa shape index (κ2) is 9.19. The monoisotopic (exact) mass is 401 g/mol. The van der Waals surface area contributed by atoms with E-state index in [2.05, 4.69) is 54.0 Å². The van der Waals surface area contributed by atoms with Crippen LogP contribution in [0.1, 0.15) is 43.2 Å². The van der Waals surface area contributed by atoms with Gasteiger partial charge >= 0.3 is 0 Å². The predicted molar refractivity (Wildman–Crippen MR) is 112 cm³/mol. The van der Waals surface area contributed by atoms with Gasteiger partial charge in [-0.3, -0.25) is 4.79 Å². The molecule has 0 spiro atoms. The summed E-state index contributed by atoms with van der Waals surface area (Å²) in [6.45, 7) is 6.18. The van der Waals surface area contributed by atoms with E-state index < -0.39 is 0 Å². The maximum absolute atomic E-state index is 11.9. The Labute approximate surface area is 167 Å². The molecular formula is C20H23N3O2S2. The fourth-order valence-electron chi connectivity index (χ4n) is 2.49. The smallest absolute Gasteiger partial charge is 0.226 e. The van der Waals surface area contributed by atoms with Crippen molar-refractivity contribution in [3.05, 3.63) is 52.7 Å². The first-order valence-electron chi connectivity index (χ1n) is 8.87. The summed E-state index contributed by atoms with van der Waals surface area (Å²) in [5.41, 5.74) is 3.55. The third kappa shape index (κ3) is 5.68. The lowest BCUT2D eigenvalue weighted by molar-refractivity contribution is -0.115. The van der Waals surface area contributed by atoms with Gasteiger partial charge in [0.25, 0.3) is 0 Å². The van der Waals surface area contributed by atoms with Crippen molar-refractivity contribution in [2.24, 2.45) is 0 Å². The summed E-state index contributed by atoms with van der Waals surface area (Å²) in [7, 11) is 0. The normalized spacial score (nSPS) is 11.1. The minimum Gasteiger partial charge on any atom is -0.360 e. The topological polar surface area (TPSA) is 68.0 Å². The molecule has 7 heteroatoms. The van der Waals surface area contributed by atoms with Gasteiger partial charge in [0.2, 0.25) is 5.91 Å². The maximum atomic E-state index is 11.9. The Hall–Kier alpha value is -2.12. The minimum atomic E-state index is -0.0555. The third-order valence-electron chi connectivity index (χ3n) is 3.99. The van der Waals surface area contributed by atoms with Crippen molar-refractivity contribution in [3.8, 4) is 10.6 Å². The summed E-state index contributed by atoms with van der Waals surface area (Å²) in [4.78, 5) is 16.6. The molecule has 1 aromatic carbocycles. The molecule has 5 nitrogen and oxygen atoms in total. The van der Waals surface area contributed by atoms with E-state index in [4.69, 9.17) is 9.51 Å². The van der Waals surface area contributed by atoms with Gasteiger partial charge in [0.15, 0.2) is 5.82 Å². The van der Waals surface area contributed by atoms with Crippen LogP contribution in [0.25, 0.3) is 10.6 Å². The van der Waals surface area contributed by atoms with E-state index in [1.165, 1.54) is 5.56 Å². The first-order valence-corrected chi connectivity index (χ1v) is 10.9. The molecule has 0 fully saturated rings. The Morgan fingerprint density at radius 2 is 2.07 bits per heavy atom. The molecule has 3 rings (SSSR count). The van der Waals surface area contributed by atoms with Crippen LogP contribution in [0, 0.1) is 6.92 Å². The number of anilines is 1. The van der Waals surface area contributed by atoms with Gasteiger partial charge in [-0.2, -0.15) is 11.8 Å². The SMILES string of the molecule is Cc1cc(NC(=O)CCSCc2csc(-c3ccc(C(C)C)cc3)n2)no1. The summed E-state index contributed by atoms with van der Waals surface area (Å²) < 4.78 is 4.93. The fourth-order valence-corrected chi connectivity index (χ4v) is 4.25. The van der Waals surface area contributed by atoms with Crippen LogP contribution >= 0.6 is 23.1 Å². The number of thiazole rings is 1. The summed E-state index contributed by atoms with van der Waals surface area (Å²) in [6, 6.07) is 10.3. The highest BCUT2D eigenvalue weighted by molar-refractivity contribution is 7.98. The van der Waals surface area contributed by atoms with E-state index in [1.54, 1.807) is 36.1 Å². The number of aromatic nitrogens is 2. The van der Waals surface area contributed by atoms with E-state index in [-0.39, 0.29) is 5.91 Å². The van der Waals surface area contributed by atoms with Crippen LogP contribution in [0.15, 0.2) is 40.2 Å². The lowest BCUT2D eigenvalue weighted by Crippen LogP contribution is -2.12. The quantitative estimate of drug-likeness (QED) is 0.505. The van der Waals surface area contributed by atoms with E-state index in [0.717, 1.165) is 27.8 Å². The fraction of sp³-hybridized carbons (Fsp3) is 0.350. The van der Waals surface area contributed by atoms with Crippen molar-refractivity contribution in [2.75, 3.05) is 11.1 Å². The summed E-state index contributed by atoms with van der Waals surface area (Å²) in [5.74, 6) is 3.16. The number of aryl methyl sites for hydroxylation is 1. The molecule has 0 atom stereocenters. The Bertz CT molecular complexity index is 885. The largest absolute Gasteiger partial charge is 0.360 e. The van der Waals surface area contributed by atoms with E-state index in [1.807, 2.05) is 0 Å². The molecule has 142 valence electrons. The molecule has 0 radical (unpaired) electrons. The van der Waals surface area contributed by atoms with Crippen LogP contribution in [-0.2, 0) is 10.5 Å². The van der Waals surface area contributed by atoms with Crippen LogP contribution < -0.4 is 5.32 Å². The maximum Gasteiger partial charge on any atom is 0.226 e. The van der Waals surface area contributed by atoms with Crippen LogP contribution in [0.4, 0.5) is 5.82 Å². The molecule has 2 aromatic heterocycles. The van der Waals surface area contributed by atoms with E-state index in [9.17, 15) is 4.79 Å². The highest BCUT2D eigenvalue weighted by Gasteiger charge is 2.08. The average molecular weight is 402 g/mol. The molecule has 0 bridgehead atoms. The van der Waals surface area contributed by atoms with Crippen molar-refractivity contribution in [3.63, 3.8) is 0 Å². The highest BCUT2D eigenvalue weighted by atomic mass is 32.2. The third-order valence-corrected chi connectivity index (χ3v) is 5.93. The Kier molecular flexibility index (Phi) is 6.68. The second-order valence-corrected chi connectivity index (χ2v) is 8.56. The molecule has 0 aliphatic carbocycles. The van der Waals surface area contributed by atoms with Crippen molar-refractivity contribution >= 4 is 34.8 Å². The molecule has 0 aliphatic heterocycles. The van der Waals surface area contributed by atoms with Crippen LogP contribution in [0.3, 0.4) is 0 Å². The molecular weight excluding hydrogens is 378 g/mol. The van der Waals surface area contributed by atoms with Crippen LogP contribution in [0.5, 0.6) is 0 Å². The highest BCUT2D eigenvalue weighted by Crippen LogP contribution is 2.27. The standard InChI is InChI=1S/C20H23N3O2S2/c1-13(2)15-4-6-16(7-5-15)20-21-17(12-27-20)11-26-9-8-19(24)22-18-10-14(3)25-23-18/h4-7,10,12-13H,8-9,11H2,1-3H3,(H,22,23,24). The Balaban J connectivity index is 1.43. The number of carbonyl (C=O) groups excluding carboxylic acids is 1. The zero-order chi connectivity index (χ0) is 19.2. The van der Waals surface area contributed by atoms with Crippen molar-refractivity contribution in [1.82, 2.24) is 10.1 Å². The predicted octanol–water partition coefficient (Wildman–Crippen LogP) is 5.49. The van der Waals surface area contributed by atoms with Gasteiger partial charge in [0.1, 0.15) is 10.8 Å². The van der Waals surface area contributed by atoms with Gasteiger partial charge < -0.3 is 9.84 Å². The van der Waals surface area contributed by atoms with Crippen molar-refractivity contribution in [2.45, 2.75) is 38.9 Å². The van der Waals surface area contributed by atoms with Gasteiger partial charge in [-0.15, -0.1) is 11.3 Å². The molecule has 27 heavy (non-hydrogen) atoms. The van der Waals surface area contributed by atoms with Crippen molar-refractivity contribution < 1.29 is 9.32 Å². The number of rotatable bonds is 8. The zero-order valence-corrected chi connectivity index (χ0v) is 17.3. The first kappa shape index (κ1) is 19.6. The number of hydrogen-bond donors (Lipinski definition) is 1. The second-order valence-electron chi connectivity index (χ2n) is 6.59. The number of nitrogens with one attached hydrogen (secondary N) is 1. The van der Waals surface area contributed by atoms with Gasteiger partial charge in [-0.05, 0) is 18.4 Å². The number of amides is 1. The van der Waals surface area contributed by atoms with Gasteiger partial charge in [0.05, 0.1) is 5.69 Å². The van der Waals surface area contributed by atoms with Gasteiger partial charge in [0, 0.05) is 34.9 Å². The molecule has 1 amide bonds. The lowest BCUT2D eigenvalue weighted by Gasteiger charge is -2.05. The number of thioether (sulfide) groups is 1. The number of hydrogen-bond acceptors (Lipinski definition) is 6. The molecule has 1 N–H and O–H groups in total. The molecule has 3 aromatic rings. The van der Waals surface area contributed by atoms with Gasteiger partial charge in [-0.25, -0.2) is 4.98 Å². The molecule has 0 unspecified atom stereocenters. The number of carbonyl (C=O) groups is 1. The lowest BCUT2D eigenvalue weighted by atomic mass is 10.0. The minimum absolute atomic E-state index is 0.0555. The summed E-state index contributed by atoms with van der Waals surface area (Å²) >= 11 is 3.37. The number of benzene rings is 1. The molecule has 0 saturated heterocycles. The summed E-state index contributed by atoms with van der Waals surface area (Å²) in [6.07, 6.45) is 0.435. The first-order chi connectivity index (χ1) is 13.0. The zero-order valence-electron chi connectivity index (χ0n) is 15.7.